The Balaban J connectivity index is 0.000000200. The highest BCUT2D eigenvalue weighted by molar-refractivity contribution is 5.91. The van der Waals surface area contributed by atoms with Gasteiger partial charge in [0.15, 0.2) is 11.4 Å². The smallest absolute Gasteiger partial charge is 0.338 e. The predicted octanol–water partition coefficient (Wildman–Crippen LogP) is 6.79. The lowest BCUT2D eigenvalue weighted by atomic mass is 9.96. The third-order valence-electron chi connectivity index (χ3n) is 9.70. The van der Waals surface area contributed by atoms with Crippen molar-refractivity contribution < 1.29 is 49.7 Å². The molecule has 2 unspecified atom stereocenters. The summed E-state index contributed by atoms with van der Waals surface area (Å²) in [6.45, 7) is 2.00. The lowest BCUT2D eigenvalue weighted by Gasteiger charge is -2.15. The molecule has 5 N–H and O–H groups in total. The maximum atomic E-state index is 12.0. The largest absolute Gasteiger partial charge is 0.595 e. The van der Waals surface area contributed by atoms with E-state index in [1.165, 1.54) is 20.0 Å². The van der Waals surface area contributed by atoms with E-state index in [1.807, 2.05) is 84.9 Å². The molecule has 0 spiro atoms. The molecule has 12 nitrogen and oxygen atoms in total. The van der Waals surface area contributed by atoms with Crippen LogP contribution < -0.4 is 19.9 Å². The summed E-state index contributed by atoms with van der Waals surface area (Å²) in [5.41, 5.74) is 8.98. The van der Waals surface area contributed by atoms with E-state index in [2.05, 4.69) is 0 Å². The first kappa shape index (κ1) is 44.2. The molecule has 0 radical (unpaired) electrons. The fourth-order valence-electron chi connectivity index (χ4n) is 6.64. The van der Waals surface area contributed by atoms with Gasteiger partial charge in [0.1, 0.15) is 11.5 Å². The van der Waals surface area contributed by atoms with E-state index in [0.717, 1.165) is 63.3 Å². The number of ether oxygens (including phenoxy) is 4. The number of hydrogen-bond acceptors (Lipinski definition) is 10. The number of methoxy groups -OCH3 is 3. The number of rotatable bonds is 12. The third kappa shape index (κ3) is 12.3. The van der Waals surface area contributed by atoms with Crippen LogP contribution in [0.1, 0.15) is 51.0 Å². The third-order valence-corrected chi connectivity index (χ3v) is 9.70. The Kier molecular flexibility index (Phi) is 16.7. The van der Waals surface area contributed by atoms with E-state index in [1.54, 1.807) is 62.8 Å². The number of benzene rings is 6. The summed E-state index contributed by atoms with van der Waals surface area (Å²) < 4.78 is 20.7. The molecule has 0 amide bonds. The van der Waals surface area contributed by atoms with Crippen molar-refractivity contribution in [2.24, 2.45) is 0 Å². The van der Waals surface area contributed by atoms with Crippen LogP contribution >= 0.6 is 0 Å². The van der Waals surface area contributed by atoms with Crippen molar-refractivity contribution in [1.82, 2.24) is 0 Å². The van der Waals surface area contributed by atoms with Crippen LogP contribution in [0.5, 0.6) is 11.5 Å². The first-order valence-corrected chi connectivity index (χ1v) is 19.1. The van der Waals surface area contributed by atoms with Crippen LogP contribution in [0.2, 0.25) is 0 Å². The van der Waals surface area contributed by atoms with Crippen LogP contribution in [0.4, 0.5) is 11.4 Å². The maximum absolute atomic E-state index is 12.0. The molecular formula is C47H50N2O10. The van der Waals surface area contributed by atoms with Gasteiger partial charge in [0.2, 0.25) is 0 Å². The Hall–Kier alpha value is -5.93. The van der Waals surface area contributed by atoms with E-state index in [0.29, 0.717) is 29.9 Å². The van der Waals surface area contributed by atoms with Gasteiger partial charge in [0.25, 0.3) is 0 Å². The molecule has 1 aliphatic rings. The SMILES string of the molecule is C1CCOC1.COC(=O)c1ccccc1Cc1ccc(OC)c(-c2cccc([NH+]([O-])O)c2)c1.COc1ccc(Cc2ccccc2CO)cc1-c1cccc([NH+]([O-])O)c1. The maximum Gasteiger partial charge on any atom is 0.338 e. The first-order valence-electron chi connectivity index (χ1n) is 19.1. The molecule has 6 aromatic rings. The van der Waals surface area contributed by atoms with Crippen molar-refractivity contribution in [3.05, 3.63) is 177 Å². The summed E-state index contributed by atoms with van der Waals surface area (Å²) in [7, 11) is 4.53. The fourth-order valence-corrected chi connectivity index (χ4v) is 6.64. The predicted molar refractivity (Wildman–Crippen MR) is 224 cm³/mol. The number of carbonyl (C=O) groups is 1. The number of aliphatic hydroxyl groups is 1. The highest BCUT2D eigenvalue weighted by Gasteiger charge is 2.15. The average Bonchev–Trinajstić information content (AvgIpc) is 3.88. The molecule has 1 heterocycles. The second-order valence-corrected chi connectivity index (χ2v) is 13.6. The molecule has 0 aliphatic carbocycles. The highest BCUT2D eigenvalue weighted by Crippen LogP contribution is 2.34. The molecule has 0 saturated carbocycles. The number of aliphatic hydroxyl groups excluding tert-OH is 1. The van der Waals surface area contributed by atoms with E-state index < -0.39 is 10.5 Å². The second-order valence-electron chi connectivity index (χ2n) is 13.6. The van der Waals surface area contributed by atoms with Gasteiger partial charge in [-0.3, -0.25) is 0 Å². The zero-order chi connectivity index (χ0) is 42.1. The van der Waals surface area contributed by atoms with Crippen LogP contribution in [0.15, 0.2) is 133 Å². The number of quaternary nitrogens is 2. The van der Waals surface area contributed by atoms with Crippen molar-refractivity contribution >= 4 is 17.3 Å². The quantitative estimate of drug-likeness (QED) is 0.0656. The van der Waals surface area contributed by atoms with E-state index in [4.69, 9.17) is 18.9 Å². The molecule has 1 saturated heterocycles. The summed E-state index contributed by atoms with van der Waals surface area (Å²) in [5, 5.41) is 48.6. The lowest BCUT2D eigenvalue weighted by Crippen LogP contribution is -2.99. The van der Waals surface area contributed by atoms with Gasteiger partial charge in [-0.25, -0.2) is 15.2 Å². The Morgan fingerprint density at radius 3 is 1.53 bits per heavy atom. The minimum atomic E-state index is -0.982. The summed E-state index contributed by atoms with van der Waals surface area (Å²) >= 11 is 0. The molecule has 59 heavy (non-hydrogen) atoms. The van der Waals surface area contributed by atoms with Crippen LogP contribution in [-0.2, 0) is 28.9 Å². The number of hydrogen-bond donors (Lipinski definition) is 5. The fraction of sp³-hybridized carbons (Fsp3) is 0.213. The van der Waals surface area contributed by atoms with Gasteiger partial charge >= 0.3 is 5.97 Å². The molecule has 6 aromatic carbocycles. The highest BCUT2D eigenvalue weighted by atomic mass is 16.8. The van der Waals surface area contributed by atoms with Crippen LogP contribution in [0.3, 0.4) is 0 Å². The van der Waals surface area contributed by atoms with E-state index in [-0.39, 0.29) is 24.0 Å². The normalized spacial score (nSPS) is 12.9. The molecule has 308 valence electrons. The molecule has 2 atom stereocenters. The van der Waals surface area contributed by atoms with Crippen molar-refractivity contribution in [2.75, 3.05) is 34.5 Å². The van der Waals surface area contributed by atoms with Gasteiger partial charge < -0.3 is 34.5 Å². The van der Waals surface area contributed by atoms with Gasteiger partial charge in [0, 0.05) is 48.6 Å². The van der Waals surface area contributed by atoms with Crippen molar-refractivity contribution in [3.8, 4) is 33.8 Å². The Labute approximate surface area is 344 Å². The van der Waals surface area contributed by atoms with E-state index in [9.17, 15) is 30.7 Å². The zero-order valence-electron chi connectivity index (χ0n) is 33.4. The summed E-state index contributed by atoms with van der Waals surface area (Å²) in [6.07, 6.45) is 3.76. The van der Waals surface area contributed by atoms with Crippen LogP contribution in [0.25, 0.3) is 22.3 Å². The van der Waals surface area contributed by atoms with Gasteiger partial charge in [-0.1, -0.05) is 78.9 Å². The standard InChI is InChI=1S/C22H21NO5.C21H21NO4.C4H8O/c1-27-21-11-10-15(12-16-6-3-4-9-19(16)22(24)28-2)13-20(21)17-7-5-8-18(14-17)23(25)26;1-26-21-10-9-15(11-16-5-2-3-6-18(16)14-23)12-20(21)17-7-4-8-19(13-17)22(24)25;1-2-4-5-3-1/h3-11,13-14,23,25H,12H2,1-2H3;2-10,12-13,22-24H,11,14H2,1H3;1-4H2. The van der Waals surface area contributed by atoms with Gasteiger partial charge in [-0.2, -0.15) is 10.5 Å². The van der Waals surface area contributed by atoms with Gasteiger partial charge in [-0.05, 0) is 95.0 Å². The van der Waals surface area contributed by atoms with Crippen molar-refractivity contribution in [3.63, 3.8) is 0 Å². The molecule has 12 heteroatoms. The van der Waals surface area contributed by atoms with Crippen LogP contribution in [0, 0.1) is 10.4 Å². The monoisotopic (exact) mass is 802 g/mol. The number of esters is 1. The Morgan fingerprint density at radius 1 is 0.610 bits per heavy atom. The average molecular weight is 803 g/mol. The minimum Gasteiger partial charge on any atom is -0.595 e. The molecule has 1 fully saturated rings. The minimum absolute atomic E-state index is 0.000157. The summed E-state index contributed by atoms with van der Waals surface area (Å²) in [5.74, 6) is 0.956. The molecule has 0 bridgehead atoms. The number of nitrogens with one attached hydrogen (secondary N) is 2. The van der Waals surface area contributed by atoms with Gasteiger partial charge in [-0.15, -0.1) is 0 Å². The summed E-state index contributed by atoms with van der Waals surface area (Å²) in [6, 6.07) is 40.2. The van der Waals surface area contributed by atoms with Crippen LogP contribution in [-0.4, -0.2) is 56.0 Å². The lowest BCUT2D eigenvalue weighted by molar-refractivity contribution is -0.991. The topological polar surface area (TPSA) is 170 Å². The number of carbonyl (C=O) groups excluding carboxylic acids is 1. The van der Waals surface area contributed by atoms with E-state index >= 15 is 0 Å². The second kappa shape index (κ2) is 22.3. The molecule has 7 rings (SSSR count). The first-order chi connectivity index (χ1) is 28.6. The Morgan fingerprint density at radius 2 is 1.08 bits per heavy atom. The summed E-state index contributed by atoms with van der Waals surface area (Å²) in [4.78, 5) is 12.0. The molecule has 0 aromatic heterocycles. The Bertz CT molecular complexity index is 2270. The van der Waals surface area contributed by atoms with Crippen molar-refractivity contribution in [1.29, 1.82) is 0 Å². The zero-order valence-corrected chi connectivity index (χ0v) is 33.4. The molecule has 1 aliphatic heterocycles. The molecular weight excluding hydrogens is 753 g/mol. The van der Waals surface area contributed by atoms with Gasteiger partial charge in [0.05, 0.1) is 33.5 Å². The van der Waals surface area contributed by atoms with Crippen molar-refractivity contribution in [2.45, 2.75) is 32.3 Å².